The summed E-state index contributed by atoms with van der Waals surface area (Å²) in [7, 11) is 0. The van der Waals surface area contributed by atoms with Crippen LogP contribution in [-0.4, -0.2) is 4.57 Å². The van der Waals surface area contributed by atoms with Crippen LogP contribution in [0.15, 0.2) is 188 Å². The molecule has 3 heteroatoms. The number of para-hydroxylation sites is 1. The lowest BCUT2D eigenvalue weighted by Crippen LogP contribution is -1.99. The van der Waals surface area contributed by atoms with Crippen LogP contribution in [0.25, 0.3) is 105 Å². The van der Waals surface area contributed by atoms with Gasteiger partial charge in [-0.3, -0.25) is 0 Å². The second kappa shape index (κ2) is 12.8. The summed E-state index contributed by atoms with van der Waals surface area (Å²) >= 11 is 0. The van der Waals surface area contributed by atoms with Gasteiger partial charge in [0.25, 0.3) is 0 Å². The predicted octanol–water partition coefficient (Wildman–Crippen LogP) is 14.0. The highest BCUT2D eigenvalue weighted by molar-refractivity contribution is 6.28. The molecule has 11 rings (SSSR count). The number of aromatic nitrogens is 1. The Kier molecular flexibility index (Phi) is 7.30. The Balaban J connectivity index is 1.29. The summed E-state index contributed by atoms with van der Waals surface area (Å²) in [5.74, 6) is 0. The van der Waals surface area contributed by atoms with Crippen LogP contribution in [0.5, 0.6) is 0 Å². The lowest BCUT2D eigenvalue weighted by Gasteiger charge is -2.20. The second-order valence-electron chi connectivity index (χ2n) is 14.6. The molecule has 1 heterocycles. The van der Waals surface area contributed by atoms with Crippen molar-refractivity contribution in [3.05, 3.63) is 199 Å². The topological polar surface area (TPSA) is 52.5 Å². The van der Waals surface area contributed by atoms with E-state index < -0.39 is 0 Å². The molecule has 57 heavy (non-hydrogen) atoms. The molecule has 0 saturated carbocycles. The number of nitriles is 2. The van der Waals surface area contributed by atoms with E-state index in [2.05, 4.69) is 168 Å². The zero-order valence-corrected chi connectivity index (χ0v) is 30.7. The van der Waals surface area contributed by atoms with E-state index in [1.165, 1.54) is 60.7 Å². The monoisotopic (exact) mass is 721 g/mol. The van der Waals surface area contributed by atoms with Crippen LogP contribution in [0.4, 0.5) is 0 Å². The maximum Gasteiger partial charge on any atom is 0.0991 e. The Morgan fingerprint density at radius 2 is 0.842 bits per heavy atom. The van der Waals surface area contributed by atoms with Crippen LogP contribution >= 0.6 is 0 Å². The van der Waals surface area contributed by atoms with Crippen molar-refractivity contribution >= 4 is 32.4 Å². The van der Waals surface area contributed by atoms with Crippen molar-refractivity contribution in [2.75, 3.05) is 0 Å². The van der Waals surface area contributed by atoms with E-state index in [1.54, 1.807) is 0 Å². The lowest BCUT2D eigenvalue weighted by molar-refractivity contribution is 1.15. The summed E-state index contributed by atoms with van der Waals surface area (Å²) in [6.07, 6.45) is 0. The van der Waals surface area contributed by atoms with Crippen molar-refractivity contribution < 1.29 is 0 Å². The fourth-order valence-electron chi connectivity index (χ4n) is 9.33. The number of hydrogen-bond acceptors (Lipinski definition) is 2. The molecule has 10 aromatic rings. The van der Waals surface area contributed by atoms with Crippen molar-refractivity contribution in [2.45, 2.75) is 0 Å². The molecule has 3 nitrogen and oxygen atoms in total. The Bertz CT molecular complexity index is 3270. The average molecular weight is 722 g/mol. The number of hydrogen-bond donors (Lipinski definition) is 0. The van der Waals surface area contributed by atoms with Gasteiger partial charge in [0.05, 0.1) is 40.2 Å². The van der Waals surface area contributed by atoms with Gasteiger partial charge < -0.3 is 4.57 Å². The molecule has 0 atom stereocenters. The van der Waals surface area contributed by atoms with Crippen LogP contribution in [0.2, 0.25) is 0 Å². The van der Waals surface area contributed by atoms with Crippen LogP contribution in [0.3, 0.4) is 0 Å². The molecular weight excluding hydrogens is 691 g/mol. The molecule has 0 saturated heterocycles. The minimum Gasteiger partial charge on any atom is -0.308 e. The normalized spacial score (nSPS) is 11.5. The minimum atomic E-state index is 0.589. The standard InChI is InChI=1S/C54H31N3/c55-32-34-14-11-20-38(30-34)50-42-24-9-10-27-46(42)57(54(50)39-21-12-15-35(31-39)33-56)47-29-28-45-51-43(47)25-13-26-44(51)52-48(36-16-3-1-4-17-36)40-22-7-8-23-41(40)49(53(45)52)37-18-5-2-6-19-37/h1-31H. The number of benzene rings is 9. The number of nitrogens with zero attached hydrogens (tertiary/aromatic N) is 3. The van der Waals surface area contributed by atoms with Crippen molar-refractivity contribution in [2.24, 2.45) is 0 Å². The fourth-order valence-corrected chi connectivity index (χ4v) is 9.33. The Hall–Kier alpha value is -7.98. The SMILES string of the molecule is N#Cc1cccc(-c2c(-c3cccc(C#N)c3)n(-c3ccc4c5c(cccc35)-c3c-4c(-c4ccccc4)c4ccccc4c3-c3ccccc3)c3ccccc23)c1. The Morgan fingerprint density at radius 3 is 1.47 bits per heavy atom. The lowest BCUT2D eigenvalue weighted by atomic mass is 9.82. The number of rotatable bonds is 5. The van der Waals surface area contributed by atoms with E-state index in [4.69, 9.17) is 0 Å². The zero-order valence-electron chi connectivity index (χ0n) is 30.7. The highest BCUT2D eigenvalue weighted by atomic mass is 15.0. The van der Waals surface area contributed by atoms with E-state index in [9.17, 15) is 10.5 Å². The van der Waals surface area contributed by atoms with E-state index in [0.717, 1.165) is 44.4 Å². The zero-order chi connectivity index (χ0) is 38.0. The summed E-state index contributed by atoms with van der Waals surface area (Å²) in [6.45, 7) is 0. The van der Waals surface area contributed by atoms with Crippen LogP contribution in [-0.2, 0) is 0 Å². The van der Waals surface area contributed by atoms with Crippen LogP contribution in [0.1, 0.15) is 11.1 Å². The summed E-state index contributed by atoms with van der Waals surface area (Å²) in [5, 5.41) is 25.9. The highest BCUT2D eigenvalue weighted by Gasteiger charge is 2.32. The molecule has 9 aromatic carbocycles. The van der Waals surface area contributed by atoms with Gasteiger partial charge in [-0.1, -0.05) is 152 Å². The largest absolute Gasteiger partial charge is 0.308 e. The second-order valence-corrected chi connectivity index (χ2v) is 14.6. The van der Waals surface area contributed by atoms with Crippen LogP contribution < -0.4 is 0 Å². The van der Waals surface area contributed by atoms with Gasteiger partial charge in [0, 0.05) is 21.9 Å². The van der Waals surface area contributed by atoms with Gasteiger partial charge in [0.2, 0.25) is 0 Å². The van der Waals surface area contributed by atoms with Gasteiger partial charge in [0.1, 0.15) is 0 Å². The van der Waals surface area contributed by atoms with E-state index >= 15 is 0 Å². The van der Waals surface area contributed by atoms with Gasteiger partial charge in [-0.2, -0.15) is 10.5 Å². The molecule has 0 bridgehead atoms. The van der Waals surface area contributed by atoms with Crippen molar-refractivity contribution in [3.63, 3.8) is 0 Å². The Labute approximate surface area is 330 Å². The summed E-state index contributed by atoms with van der Waals surface area (Å²) in [6, 6.07) is 70.7. The van der Waals surface area contributed by atoms with Gasteiger partial charge in [-0.05, 0) is 103 Å². The van der Waals surface area contributed by atoms with Gasteiger partial charge >= 0.3 is 0 Å². The molecule has 0 unspecified atom stereocenters. The molecular formula is C54H31N3. The molecule has 0 fully saturated rings. The first-order chi connectivity index (χ1) is 28.2. The van der Waals surface area contributed by atoms with E-state index in [0.29, 0.717) is 11.1 Å². The summed E-state index contributed by atoms with van der Waals surface area (Å²) in [4.78, 5) is 0. The summed E-state index contributed by atoms with van der Waals surface area (Å²) in [5.41, 5.74) is 17.0. The molecule has 1 aromatic heterocycles. The third-order valence-electron chi connectivity index (χ3n) is 11.6. The molecule has 0 aliphatic heterocycles. The molecule has 1 aliphatic carbocycles. The molecule has 0 radical (unpaired) electrons. The first-order valence-corrected chi connectivity index (χ1v) is 19.1. The van der Waals surface area contributed by atoms with E-state index in [-0.39, 0.29) is 0 Å². The molecule has 0 spiro atoms. The minimum absolute atomic E-state index is 0.589. The third kappa shape index (κ3) is 4.84. The predicted molar refractivity (Wildman–Crippen MR) is 234 cm³/mol. The average Bonchev–Trinajstić information content (AvgIpc) is 3.80. The smallest absolute Gasteiger partial charge is 0.0991 e. The van der Waals surface area contributed by atoms with Gasteiger partial charge in [-0.25, -0.2) is 0 Å². The van der Waals surface area contributed by atoms with Gasteiger partial charge in [-0.15, -0.1) is 0 Å². The Morgan fingerprint density at radius 1 is 0.351 bits per heavy atom. The van der Waals surface area contributed by atoms with Crippen molar-refractivity contribution in [1.29, 1.82) is 10.5 Å². The van der Waals surface area contributed by atoms with Crippen molar-refractivity contribution in [1.82, 2.24) is 4.57 Å². The van der Waals surface area contributed by atoms with Crippen LogP contribution in [0, 0.1) is 22.7 Å². The fraction of sp³-hybridized carbons (Fsp3) is 0. The third-order valence-corrected chi connectivity index (χ3v) is 11.6. The summed E-state index contributed by atoms with van der Waals surface area (Å²) < 4.78 is 2.37. The van der Waals surface area contributed by atoms with E-state index in [1.807, 2.05) is 36.4 Å². The number of fused-ring (bicyclic) bond motifs is 5. The quantitative estimate of drug-likeness (QED) is 0.178. The molecule has 1 aliphatic rings. The van der Waals surface area contributed by atoms with Gasteiger partial charge in [0.15, 0.2) is 0 Å². The first-order valence-electron chi connectivity index (χ1n) is 19.1. The molecule has 0 amide bonds. The maximum atomic E-state index is 10.1. The maximum absolute atomic E-state index is 10.1. The first kappa shape index (κ1) is 32.5. The molecule has 0 N–H and O–H groups in total. The molecule has 262 valence electrons. The van der Waals surface area contributed by atoms with Crippen molar-refractivity contribution in [3.8, 4) is 84.7 Å². The highest BCUT2D eigenvalue weighted by Crippen LogP contribution is 2.58.